The van der Waals surface area contributed by atoms with E-state index in [1.54, 1.807) is 54.6 Å². The second kappa shape index (κ2) is 9.31. The van der Waals surface area contributed by atoms with Crippen LogP contribution in [0.15, 0.2) is 95.2 Å². The highest BCUT2D eigenvalue weighted by Gasteiger charge is 2.18. The first-order valence-corrected chi connectivity index (χ1v) is 11.6. The van der Waals surface area contributed by atoms with Gasteiger partial charge in [-0.1, -0.05) is 81.4 Å². The quantitative estimate of drug-likeness (QED) is 0.470. The molecule has 5 heteroatoms. The van der Waals surface area contributed by atoms with Gasteiger partial charge in [0, 0.05) is 11.0 Å². The first-order chi connectivity index (χ1) is 14.7. The van der Waals surface area contributed by atoms with Crippen molar-refractivity contribution in [1.82, 2.24) is 0 Å². The molecule has 0 aliphatic rings. The molecule has 0 N–H and O–H groups in total. The number of ether oxygens (including phenoxy) is 1. The van der Waals surface area contributed by atoms with Gasteiger partial charge in [-0.2, -0.15) is 0 Å². The van der Waals surface area contributed by atoms with Crippen LogP contribution in [0.25, 0.3) is 5.57 Å². The molecule has 0 bridgehead atoms. The number of esters is 1. The minimum absolute atomic E-state index is 0.0295. The Morgan fingerprint density at radius 1 is 0.806 bits per heavy atom. The number of hydrogen-bond acceptors (Lipinski definition) is 4. The van der Waals surface area contributed by atoms with Crippen LogP contribution >= 0.6 is 0 Å². The van der Waals surface area contributed by atoms with E-state index < -0.39 is 15.8 Å². The molecule has 3 rings (SSSR count). The van der Waals surface area contributed by atoms with Crippen molar-refractivity contribution in [3.63, 3.8) is 0 Å². The molecule has 0 unspecified atom stereocenters. The number of rotatable bonds is 6. The van der Waals surface area contributed by atoms with Crippen LogP contribution < -0.4 is 0 Å². The Labute approximate surface area is 184 Å². The van der Waals surface area contributed by atoms with Crippen LogP contribution in [-0.2, 0) is 20.0 Å². The van der Waals surface area contributed by atoms with Gasteiger partial charge in [-0.3, -0.25) is 0 Å². The van der Waals surface area contributed by atoms with E-state index in [4.69, 9.17) is 4.74 Å². The van der Waals surface area contributed by atoms with Crippen LogP contribution in [0, 0.1) is 0 Å². The second-order valence-electron chi connectivity index (χ2n) is 8.27. The lowest BCUT2D eigenvalue weighted by Gasteiger charge is -2.19. The van der Waals surface area contributed by atoms with Gasteiger partial charge in [0.25, 0.3) is 0 Å². The summed E-state index contributed by atoms with van der Waals surface area (Å²) in [4.78, 5) is 12.6. The van der Waals surface area contributed by atoms with Crippen molar-refractivity contribution in [2.45, 2.75) is 31.1 Å². The first kappa shape index (κ1) is 22.5. The van der Waals surface area contributed by atoms with E-state index in [1.807, 2.05) is 30.3 Å². The fraction of sp³-hybridized carbons (Fsp3) is 0.192. The molecule has 0 amide bonds. The smallest absolute Gasteiger partial charge is 0.338 e. The van der Waals surface area contributed by atoms with Crippen molar-refractivity contribution in [2.75, 3.05) is 6.61 Å². The summed E-state index contributed by atoms with van der Waals surface area (Å²) in [5.41, 5.74) is 2.61. The molecule has 160 valence electrons. The van der Waals surface area contributed by atoms with Crippen LogP contribution in [0.1, 0.15) is 42.3 Å². The minimum Gasteiger partial charge on any atom is -0.457 e. The first-order valence-electron chi connectivity index (χ1n) is 10.0. The third kappa shape index (κ3) is 5.92. The van der Waals surface area contributed by atoms with Crippen molar-refractivity contribution in [1.29, 1.82) is 0 Å². The Bertz CT molecular complexity index is 1160. The minimum atomic E-state index is -3.71. The number of carbonyl (C=O) groups is 1. The Morgan fingerprint density at radius 2 is 1.35 bits per heavy atom. The summed E-state index contributed by atoms with van der Waals surface area (Å²) >= 11 is 0. The molecule has 0 aliphatic carbocycles. The zero-order valence-electron chi connectivity index (χ0n) is 17.9. The maximum absolute atomic E-state index is 12.9. The van der Waals surface area contributed by atoms with Gasteiger partial charge in [-0.15, -0.1) is 0 Å². The summed E-state index contributed by atoms with van der Waals surface area (Å²) in [5.74, 6) is -0.505. The van der Waals surface area contributed by atoms with E-state index in [0.717, 1.165) is 5.56 Å². The molecule has 0 spiro atoms. The monoisotopic (exact) mass is 434 g/mol. The predicted octanol–water partition coefficient (Wildman–Crippen LogP) is 5.66. The normalized spacial score (nSPS) is 12.4. The van der Waals surface area contributed by atoms with Crippen molar-refractivity contribution in [3.05, 3.63) is 107 Å². The summed E-state index contributed by atoms with van der Waals surface area (Å²) < 4.78 is 31.3. The van der Waals surface area contributed by atoms with Crippen LogP contribution in [0.5, 0.6) is 0 Å². The zero-order chi connectivity index (χ0) is 22.5. The van der Waals surface area contributed by atoms with Crippen LogP contribution in [0.3, 0.4) is 0 Å². The van der Waals surface area contributed by atoms with E-state index in [-0.39, 0.29) is 16.9 Å². The largest absolute Gasteiger partial charge is 0.457 e. The molecule has 0 aliphatic heterocycles. The zero-order valence-corrected chi connectivity index (χ0v) is 18.7. The van der Waals surface area contributed by atoms with Gasteiger partial charge in [-0.25, -0.2) is 13.2 Å². The number of hydrogen-bond donors (Lipinski definition) is 0. The molecule has 4 nitrogen and oxygen atoms in total. The van der Waals surface area contributed by atoms with Gasteiger partial charge in [0.2, 0.25) is 0 Å². The molecule has 0 saturated carbocycles. The van der Waals surface area contributed by atoms with Gasteiger partial charge in [-0.05, 0) is 40.8 Å². The molecule has 0 atom stereocenters. The van der Waals surface area contributed by atoms with Crippen LogP contribution in [0.2, 0.25) is 0 Å². The summed E-state index contributed by atoms with van der Waals surface area (Å²) in [6, 6.07) is 24.5. The average molecular weight is 435 g/mol. The summed E-state index contributed by atoms with van der Waals surface area (Å²) in [7, 11) is -3.71. The van der Waals surface area contributed by atoms with Crippen molar-refractivity contribution >= 4 is 21.4 Å². The van der Waals surface area contributed by atoms with Crippen LogP contribution in [-0.4, -0.2) is 21.0 Å². The third-order valence-corrected chi connectivity index (χ3v) is 6.38. The molecule has 0 fully saturated rings. The van der Waals surface area contributed by atoms with Gasteiger partial charge >= 0.3 is 5.97 Å². The fourth-order valence-electron chi connectivity index (χ4n) is 3.04. The highest BCUT2D eigenvalue weighted by Crippen LogP contribution is 2.26. The van der Waals surface area contributed by atoms with Gasteiger partial charge < -0.3 is 4.74 Å². The van der Waals surface area contributed by atoms with E-state index in [1.165, 1.54) is 5.41 Å². The SMILES string of the molecule is CC(C)(C)c1ccc(/C(=C/S(=O)(=O)c2ccccc2)COC(=O)c2ccccc2)cc1. The lowest BCUT2D eigenvalue weighted by Crippen LogP contribution is -2.11. The number of sulfone groups is 1. The maximum Gasteiger partial charge on any atom is 0.338 e. The Kier molecular flexibility index (Phi) is 6.76. The summed E-state index contributed by atoms with van der Waals surface area (Å²) in [5, 5.41) is 1.19. The number of carbonyl (C=O) groups excluding carboxylic acids is 1. The molecular weight excluding hydrogens is 408 g/mol. The standard InChI is InChI=1S/C26H26O4S/c1-26(2,3)23-16-14-20(15-17-23)22(18-30-25(27)21-10-6-4-7-11-21)19-31(28,29)24-12-8-5-9-13-24/h4-17,19H,18H2,1-3H3/b22-19+. The van der Waals surface area contributed by atoms with Crippen molar-refractivity contribution in [2.24, 2.45) is 0 Å². The molecule has 0 saturated heterocycles. The number of benzene rings is 3. The highest BCUT2D eigenvalue weighted by atomic mass is 32.2. The molecule has 0 heterocycles. The topological polar surface area (TPSA) is 60.4 Å². The fourth-order valence-corrected chi connectivity index (χ4v) is 4.29. The Hall–Kier alpha value is -3.18. The van der Waals surface area contributed by atoms with Crippen molar-refractivity contribution < 1.29 is 17.9 Å². The summed E-state index contributed by atoms with van der Waals surface area (Å²) in [6.45, 7) is 6.18. The molecule has 0 aromatic heterocycles. The molecule has 3 aromatic carbocycles. The van der Waals surface area contributed by atoms with Crippen molar-refractivity contribution in [3.8, 4) is 0 Å². The van der Waals surface area contributed by atoms with Gasteiger partial charge in [0.05, 0.1) is 10.5 Å². The highest BCUT2D eigenvalue weighted by molar-refractivity contribution is 7.94. The lowest BCUT2D eigenvalue weighted by molar-refractivity contribution is 0.0557. The molecule has 0 radical (unpaired) electrons. The van der Waals surface area contributed by atoms with E-state index >= 15 is 0 Å². The molecule has 31 heavy (non-hydrogen) atoms. The molecule has 3 aromatic rings. The van der Waals surface area contributed by atoms with E-state index in [2.05, 4.69) is 20.8 Å². The second-order valence-corrected chi connectivity index (χ2v) is 10.1. The lowest BCUT2D eigenvalue weighted by atomic mass is 9.86. The van der Waals surface area contributed by atoms with E-state index in [9.17, 15) is 13.2 Å². The van der Waals surface area contributed by atoms with Crippen LogP contribution in [0.4, 0.5) is 0 Å². The molecular formula is C26H26O4S. The average Bonchev–Trinajstić information content (AvgIpc) is 2.77. The Morgan fingerprint density at radius 3 is 1.90 bits per heavy atom. The predicted molar refractivity (Wildman–Crippen MR) is 123 cm³/mol. The van der Waals surface area contributed by atoms with Gasteiger partial charge in [0.1, 0.15) is 6.61 Å². The third-order valence-electron chi connectivity index (χ3n) is 4.86. The summed E-state index contributed by atoms with van der Waals surface area (Å²) in [6.07, 6.45) is 0. The Balaban J connectivity index is 1.95. The van der Waals surface area contributed by atoms with Gasteiger partial charge in [0.15, 0.2) is 9.84 Å². The van der Waals surface area contributed by atoms with E-state index in [0.29, 0.717) is 16.7 Å². The maximum atomic E-state index is 12.9.